The van der Waals surface area contributed by atoms with Crippen LogP contribution in [0.4, 0.5) is 4.39 Å². The van der Waals surface area contributed by atoms with Crippen LogP contribution in [0, 0.1) is 23.6 Å². The zero-order chi connectivity index (χ0) is 11.8. The fraction of sp³-hybridized carbons (Fsp3) is 0.600. The molecule has 0 amide bonds. The first-order chi connectivity index (χ1) is 8.28. The highest BCUT2D eigenvalue weighted by Gasteiger charge is 2.42. The van der Waals surface area contributed by atoms with Crippen molar-refractivity contribution in [3.63, 3.8) is 0 Å². The first-order valence-electron chi connectivity index (χ1n) is 6.73. The molecule has 3 rings (SSSR count). The Labute approximate surface area is 102 Å². The van der Waals surface area contributed by atoms with Gasteiger partial charge in [0.05, 0.1) is 0 Å². The summed E-state index contributed by atoms with van der Waals surface area (Å²) in [6.07, 6.45) is 5.54. The van der Waals surface area contributed by atoms with E-state index in [1.54, 1.807) is 12.1 Å². The van der Waals surface area contributed by atoms with Crippen LogP contribution >= 0.6 is 0 Å². The molecule has 2 saturated carbocycles. The zero-order valence-corrected chi connectivity index (χ0v) is 10.1. The molecule has 2 N–H and O–H groups in total. The molecule has 0 heterocycles. The highest BCUT2D eigenvalue weighted by atomic mass is 19.1. The predicted octanol–water partition coefficient (Wildman–Crippen LogP) is 3.30. The number of hydrogen-bond acceptors (Lipinski definition) is 1. The summed E-state index contributed by atoms with van der Waals surface area (Å²) in [7, 11) is 0. The van der Waals surface area contributed by atoms with E-state index in [1.807, 2.05) is 12.1 Å². The van der Waals surface area contributed by atoms with Gasteiger partial charge in [0.2, 0.25) is 0 Å². The van der Waals surface area contributed by atoms with Gasteiger partial charge in [-0.3, -0.25) is 0 Å². The monoisotopic (exact) mass is 233 g/mol. The molecule has 1 aromatic rings. The molecule has 0 saturated heterocycles. The first kappa shape index (κ1) is 11.2. The minimum Gasteiger partial charge on any atom is -0.330 e. The molecule has 0 spiro atoms. The van der Waals surface area contributed by atoms with Crippen molar-refractivity contribution < 1.29 is 4.39 Å². The second-order valence-corrected chi connectivity index (χ2v) is 5.73. The number of halogens is 1. The molecule has 2 heteroatoms. The molecule has 0 aromatic heterocycles. The second-order valence-electron chi connectivity index (χ2n) is 5.73. The van der Waals surface area contributed by atoms with Crippen LogP contribution in [-0.4, -0.2) is 6.54 Å². The Bertz CT molecular complexity index is 386. The summed E-state index contributed by atoms with van der Waals surface area (Å²) in [6.45, 7) is 0.694. The number of hydrogen-bond donors (Lipinski definition) is 1. The SMILES string of the molecule is NCC(c1ccc(F)cc1)C1CC2CCC1C2. The average Bonchev–Trinajstić information content (AvgIpc) is 2.95. The quantitative estimate of drug-likeness (QED) is 0.851. The maximum atomic E-state index is 12.9. The van der Waals surface area contributed by atoms with Gasteiger partial charge in [-0.25, -0.2) is 4.39 Å². The molecule has 4 atom stereocenters. The van der Waals surface area contributed by atoms with Gasteiger partial charge in [0, 0.05) is 0 Å². The normalized spacial score (nSPS) is 32.9. The lowest BCUT2D eigenvalue weighted by molar-refractivity contribution is 0.284. The van der Waals surface area contributed by atoms with Gasteiger partial charge in [-0.2, -0.15) is 0 Å². The Morgan fingerprint density at radius 2 is 1.94 bits per heavy atom. The summed E-state index contributed by atoms with van der Waals surface area (Å²) in [5, 5.41) is 0. The minimum atomic E-state index is -0.155. The molecule has 17 heavy (non-hydrogen) atoms. The molecule has 1 nitrogen and oxygen atoms in total. The van der Waals surface area contributed by atoms with Gasteiger partial charge in [0.15, 0.2) is 0 Å². The van der Waals surface area contributed by atoms with Crippen molar-refractivity contribution in [3.05, 3.63) is 35.6 Å². The van der Waals surface area contributed by atoms with Crippen molar-refractivity contribution in [2.45, 2.75) is 31.6 Å². The lowest BCUT2D eigenvalue weighted by atomic mass is 9.76. The molecule has 2 fully saturated rings. The van der Waals surface area contributed by atoms with E-state index in [0.717, 1.165) is 17.8 Å². The van der Waals surface area contributed by atoms with Crippen molar-refractivity contribution in [1.29, 1.82) is 0 Å². The van der Waals surface area contributed by atoms with E-state index >= 15 is 0 Å². The third-order valence-corrected chi connectivity index (χ3v) is 4.86. The van der Waals surface area contributed by atoms with E-state index in [1.165, 1.54) is 31.2 Å². The van der Waals surface area contributed by atoms with E-state index in [4.69, 9.17) is 5.73 Å². The van der Waals surface area contributed by atoms with E-state index in [9.17, 15) is 4.39 Å². The smallest absolute Gasteiger partial charge is 0.123 e. The van der Waals surface area contributed by atoms with Crippen molar-refractivity contribution >= 4 is 0 Å². The molecule has 0 radical (unpaired) electrons. The molecular formula is C15H20FN. The van der Waals surface area contributed by atoms with Crippen LogP contribution in [0.3, 0.4) is 0 Å². The number of benzene rings is 1. The van der Waals surface area contributed by atoms with Crippen LogP contribution in [0.2, 0.25) is 0 Å². The Morgan fingerprint density at radius 1 is 1.18 bits per heavy atom. The van der Waals surface area contributed by atoms with Crippen LogP contribution in [0.1, 0.15) is 37.2 Å². The molecule has 2 aliphatic rings. The number of nitrogens with two attached hydrogens (primary N) is 1. The van der Waals surface area contributed by atoms with Crippen LogP contribution in [0.15, 0.2) is 24.3 Å². The second kappa shape index (κ2) is 4.41. The third kappa shape index (κ3) is 1.99. The molecule has 0 aliphatic heterocycles. The van der Waals surface area contributed by atoms with E-state index in [0.29, 0.717) is 12.5 Å². The first-order valence-corrected chi connectivity index (χ1v) is 6.73. The van der Waals surface area contributed by atoms with Crippen LogP contribution in [-0.2, 0) is 0 Å². The fourth-order valence-corrected chi connectivity index (χ4v) is 4.05. The molecular weight excluding hydrogens is 213 g/mol. The topological polar surface area (TPSA) is 26.0 Å². The summed E-state index contributed by atoms with van der Waals surface area (Å²) in [6, 6.07) is 6.95. The highest BCUT2D eigenvalue weighted by molar-refractivity contribution is 5.22. The largest absolute Gasteiger partial charge is 0.330 e. The van der Waals surface area contributed by atoms with Gasteiger partial charge >= 0.3 is 0 Å². The van der Waals surface area contributed by atoms with Gasteiger partial charge in [0.25, 0.3) is 0 Å². The van der Waals surface area contributed by atoms with Crippen LogP contribution in [0.25, 0.3) is 0 Å². The predicted molar refractivity (Wildman–Crippen MR) is 67.1 cm³/mol. The summed E-state index contributed by atoms with van der Waals surface area (Å²) >= 11 is 0. The van der Waals surface area contributed by atoms with Gasteiger partial charge in [0.1, 0.15) is 5.82 Å². The van der Waals surface area contributed by atoms with E-state index in [-0.39, 0.29) is 5.82 Å². The Kier molecular flexibility index (Phi) is 2.91. The lowest BCUT2D eigenvalue weighted by Crippen LogP contribution is -2.25. The molecule has 2 bridgehead atoms. The van der Waals surface area contributed by atoms with Crippen molar-refractivity contribution in [1.82, 2.24) is 0 Å². The fourth-order valence-electron chi connectivity index (χ4n) is 4.05. The lowest BCUT2D eigenvalue weighted by Gasteiger charge is -2.30. The van der Waals surface area contributed by atoms with Crippen molar-refractivity contribution in [2.24, 2.45) is 23.5 Å². The molecule has 1 aromatic carbocycles. The summed E-state index contributed by atoms with van der Waals surface area (Å²) in [5.41, 5.74) is 7.19. The molecule has 4 unspecified atom stereocenters. The third-order valence-electron chi connectivity index (χ3n) is 4.86. The van der Waals surface area contributed by atoms with Crippen molar-refractivity contribution in [3.8, 4) is 0 Å². The van der Waals surface area contributed by atoms with Gasteiger partial charge < -0.3 is 5.73 Å². The Balaban J connectivity index is 1.81. The Hall–Kier alpha value is -0.890. The number of fused-ring (bicyclic) bond motifs is 2. The maximum Gasteiger partial charge on any atom is 0.123 e. The summed E-state index contributed by atoms with van der Waals surface area (Å²) in [4.78, 5) is 0. The Morgan fingerprint density at radius 3 is 2.47 bits per heavy atom. The maximum absolute atomic E-state index is 12.9. The standard InChI is InChI=1S/C15H20FN/c16-13-5-3-11(4-6-13)15(9-17)14-8-10-1-2-12(14)7-10/h3-6,10,12,14-15H,1-2,7-9,17H2. The number of rotatable bonds is 3. The average molecular weight is 233 g/mol. The molecule has 92 valence electrons. The van der Waals surface area contributed by atoms with Gasteiger partial charge in [-0.1, -0.05) is 18.6 Å². The highest BCUT2D eigenvalue weighted by Crippen LogP contribution is 2.52. The van der Waals surface area contributed by atoms with E-state index < -0.39 is 0 Å². The molecule has 2 aliphatic carbocycles. The van der Waals surface area contributed by atoms with Gasteiger partial charge in [-0.05, 0) is 67.2 Å². The van der Waals surface area contributed by atoms with Gasteiger partial charge in [-0.15, -0.1) is 0 Å². The minimum absolute atomic E-state index is 0.155. The van der Waals surface area contributed by atoms with Crippen LogP contribution in [0.5, 0.6) is 0 Å². The summed E-state index contributed by atoms with van der Waals surface area (Å²) < 4.78 is 12.9. The van der Waals surface area contributed by atoms with Crippen LogP contribution < -0.4 is 5.73 Å². The zero-order valence-electron chi connectivity index (χ0n) is 10.1. The van der Waals surface area contributed by atoms with E-state index in [2.05, 4.69) is 0 Å². The van der Waals surface area contributed by atoms with Crippen molar-refractivity contribution in [2.75, 3.05) is 6.54 Å². The summed E-state index contributed by atoms with van der Waals surface area (Å²) in [5.74, 6) is 2.84.